The molecule has 0 N–H and O–H groups in total. The standard InChI is InChI=1S/C19H32O/c1-3-4-5-16-6-8-18(9-7-16)19-12-10-17(11-13-19)15(2)14-20/h3,14-19H,1,4-13H2,2H3. The molecule has 0 heterocycles. The molecule has 0 saturated heterocycles. The summed E-state index contributed by atoms with van der Waals surface area (Å²) in [5.74, 6) is 3.88. The molecule has 0 spiro atoms. The third kappa shape index (κ3) is 4.20. The van der Waals surface area contributed by atoms with Gasteiger partial charge in [0.05, 0.1) is 0 Å². The van der Waals surface area contributed by atoms with Gasteiger partial charge in [0.1, 0.15) is 6.29 Å². The highest BCUT2D eigenvalue weighted by atomic mass is 16.1. The summed E-state index contributed by atoms with van der Waals surface area (Å²) in [7, 11) is 0. The average Bonchev–Trinajstić information content (AvgIpc) is 2.53. The monoisotopic (exact) mass is 276 g/mol. The first kappa shape index (κ1) is 15.8. The Kier molecular flexibility index (Phi) is 6.32. The molecule has 2 fully saturated rings. The molecule has 0 radical (unpaired) electrons. The molecule has 114 valence electrons. The zero-order chi connectivity index (χ0) is 14.4. The predicted octanol–water partition coefficient (Wildman–Crippen LogP) is 5.40. The lowest BCUT2D eigenvalue weighted by atomic mass is 9.67. The van der Waals surface area contributed by atoms with E-state index in [9.17, 15) is 4.79 Å². The van der Waals surface area contributed by atoms with Crippen molar-refractivity contribution in [1.29, 1.82) is 0 Å². The van der Waals surface area contributed by atoms with Crippen molar-refractivity contribution in [3.63, 3.8) is 0 Å². The lowest BCUT2D eigenvalue weighted by Crippen LogP contribution is -2.28. The van der Waals surface area contributed by atoms with E-state index < -0.39 is 0 Å². The zero-order valence-electron chi connectivity index (χ0n) is 13.2. The maximum atomic E-state index is 10.9. The molecule has 1 unspecified atom stereocenters. The van der Waals surface area contributed by atoms with Crippen LogP contribution in [0.25, 0.3) is 0 Å². The van der Waals surface area contributed by atoms with Gasteiger partial charge < -0.3 is 4.79 Å². The Balaban J connectivity index is 1.70. The van der Waals surface area contributed by atoms with E-state index in [1.165, 1.54) is 64.2 Å². The second-order valence-electron chi connectivity index (χ2n) is 7.32. The zero-order valence-corrected chi connectivity index (χ0v) is 13.2. The van der Waals surface area contributed by atoms with Crippen LogP contribution >= 0.6 is 0 Å². The molecule has 0 bridgehead atoms. The van der Waals surface area contributed by atoms with Crippen LogP contribution in [0, 0.1) is 29.6 Å². The van der Waals surface area contributed by atoms with Gasteiger partial charge in [0.2, 0.25) is 0 Å². The van der Waals surface area contributed by atoms with Gasteiger partial charge in [-0.05, 0) is 75.0 Å². The molecule has 0 aromatic heterocycles. The van der Waals surface area contributed by atoms with Crippen LogP contribution in [-0.2, 0) is 4.79 Å². The van der Waals surface area contributed by atoms with Gasteiger partial charge in [0.25, 0.3) is 0 Å². The van der Waals surface area contributed by atoms with Gasteiger partial charge in [-0.15, -0.1) is 6.58 Å². The largest absolute Gasteiger partial charge is 0.303 e. The average molecular weight is 276 g/mol. The number of allylic oxidation sites excluding steroid dienone is 1. The van der Waals surface area contributed by atoms with Crippen molar-refractivity contribution in [2.45, 2.75) is 71.1 Å². The first-order chi connectivity index (χ1) is 9.74. The number of hydrogen-bond donors (Lipinski definition) is 0. The molecular weight excluding hydrogens is 244 g/mol. The van der Waals surface area contributed by atoms with E-state index in [1.54, 1.807) is 0 Å². The molecule has 2 aliphatic rings. The Labute approximate surface area is 125 Å². The minimum absolute atomic E-state index is 0.283. The fourth-order valence-electron chi connectivity index (χ4n) is 4.56. The third-order valence-electron chi connectivity index (χ3n) is 6.11. The lowest BCUT2D eigenvalue weighted by Gasteiger charge is -2.38. The Bertz CT molecular complexity index is 293. The molecule has 20 heavy (non-hydrogen) atoms. The molecule has 2 aliphatic carbocycles. The van der Waals surface area contributed by atoms with Crippen LogP contribution in [0.3, 0.4) is 0 Å². The summed E-state index contributed by atoms with van der Waals surface area (Å²) in [6.07, 6.45) is 17.0. The lowest BCUT2D eigenvalue weighted by molar-refractivity contribution is -0.112. The molecule has 0 amide bonds. The van der Waals surface area contributed by atoms with Crippen molar-refractivity contribution in [2.75, 3.05) is 0 Å². The maximum absolute atomic E-state index is 10.9. The van der Waals surface area contributed by atoms with Crippen LogP contribution in [0.5, 0.6) is 0 Å². The van der Waals surface area contributed by atoms with E-state index in [4.69, 9.17) is 0 Å². The van der Waals surface area contributed by atoms with Crippen molar-refractivity contribution in [3.05, 3.63) is 12.7 Å². The van der Waals surface area contributed by atoms with Crippen LogP contribution in [0.15, 0.2) is 12.7 Å². The fraction of sp³-hybridized carbons (Fsp3) is 0.842. The summed E-state index contributed by atoms with van der Waals surface area (Å²) in [5.41, 5.74) is 0. The van der Waals surface area contributed by atoms with Gasteiger partial charge in [-0.3, -0.25) is 0 Å². The SMILES string of the molecule is C=CCCC1CCC(C2CCC(C(C)C=O)CC2)CC1. The quantitative estimate of drug-likeness (QED) is 0.469. The molecule has 0 aromatic carbocycles. The van der Waals surface area contributed by atoms with Gasteiger partial charge in [-0.25, -0.2) is 0 Å². The van der Waals surface area contributed by atoms with E-state index in [2.05, 4.69) is 19.6 Å². The summed E-state index contributed by atoms with van der Waals surface area (Å²) < 4.78 is 0. The Morgan fingerprint density at radius 3 is 2.05 bits per heavy atom. The van der Waals surface area contributed by atoms with Gasteiger partial charge >= 0.3 is 0 Å². The van der Waals surface area contributed by atoms with Crippen molar-refractivity contribution in [1.82, 2.24) is 0 Å². The van der Waals surface area contributed by atoms with Gasteiger partial charge in [-0.2, -0.15) is 0 Å². The summed E-state index contributed by atoms with van der Waals surface area (Å²) in [4.78, 5) is 10.9. The maximum Gasteiger partial charge on any atom is 0.123 e. The minimum atomic E-state index is 0.283. The van der Waals surface area contributed by atoms with Crippen LogP contribution < -0.4 is 0 Å². The molecule has 1 nitrogen and oxygen atoms in total. The number of carbonyl (C=O) groups is 1. The highest BCUT2D eigenvalue weighted by Crippen LogP contribution is 2.43. The summed E-state index contributed by atoms with van der Waals surface area (Å²) in [5, 5.41) is 0. The van der Waals surface area contributed by atoms with Crippen molar-refractivity contribution < 1.29 is 4.79 Å². The van der Waals surface area contributed by atoms with Crippen LogP contribution in [0.2, 0.25) is 0 Å². The fourth-order valence-corrected chi connectivity index (χ4v) is 4.56. The molecule has 0 aliphatic heterocycles. The predicted molar refractivity (Wildman–Crippen MR) is 85.6 cm³/mol. The molecule has 0 aromatic rings. The molecular formula is C19H32O. The smallest absolute Gasteiger partial charge is 0.123 e. The second kappa shape index (κ2) is 8.00. The first-order valence-electron chi connectivity index (χ1n) is 8.80. The molecule has 2 saturated carbocycles. The first-order valence-corrected chi connectivity index (χ1v) is 8.80. The topological polar surface area (TPSA) is 17.1 Å². The number of rotatable bonds is 6. The molecule has 1 atom stereocenters. The Morgan fingerprint density at radius 2 is 1.55 bits per heavy atom. The van der Waals surface area contributed by atoms with E-state index in [0.29, 0.717) is 5.92 Å². The van der Waals surface area contributed by atoms with E-state index >= 15 is 0 Å². The summed E-state index contributed by atoms with van der Waals surface area (Å²) in [6.45, 7) is 5.94. The summed E-state index contributed by atoms with van der Waals surface area (Å²) in [6, 6.07) is 0. The van der Waals surface area contributed by atoms with Gasteiger partial charge in [0.15, 0.2) is 0 Å². The van der Waals surface area contributed by atoms with E-state index in [-0.39, 0.29) is 5.92 Å². The minimum Gasteiger partial charge on any atom is -0.303 e. The van der Waals surface area contributed by atoms with E-state index in [0.717, 1.165) is 24.0 Å². The van der Waals surface area contributed by atoms with Crippen LogP contribution in [0.1, 0.15) is 71.1 Å². The van der Waals surface area contributed by atoms with Crippen LogP contribution in [0.4, 0.5) is 0 Å². The third-order valence-corrected chi connectivity index (χ3v) is 6.11. The molecule has 2 rings (SSSR count). The highest BCUT2D eigenvalue weighted by Gasteiger charge is 2.31. The highest BCUT2D eigenvalue weighted by molar-refractivity contribution is 5.53. The van der Waals surface area contributed by atoms with E-state index in [1.807, 2.05) is 0 Å². The van der Waals surface area contributed by atoms with Crippen molar-refractivity contribution in [2.24, 2.45) is 29.6 Å². The van der Waals surface area contributed by atoms with Crippen molar-refractivity contribution in [3.8, 4) is 0 Å². The van der Waals surface area contributed by atoms with Crippen LogP contribution in [-0.4, -0.2) is 6.29 Å². The number of hydrogen-bond acceptors (Lipinski definition) is 1. The van der Waals surface area contributed by atoms with Gasteiger partial charge in [-0.1, -0.05) is 25.8 Å². The second-order valence-corrected chi connectivity index (χ2v) is 7.32. The number of carbonyl (C=O) groups excluding carboxylic acids is 1. The van der Waals surface area contributed by atoms with Crippen molar-refractivity contribution >= 4 is 6.29 Å². The Morgan fingerprint density at radius 1 is 1.00 bits per heavy atom. The normalized spacial score (nSPS) is 36.2. The number of aldehydes is 1. The molecule has 1 heteroatoms. The Hall–Kier alpha value is -0.590. The van der Waals surface area contributed by atoms with Gasteiger partial charge in [0, 0.05) is 5.92 Å². The summed E-state index contributed by atoms with van der Waals surface area (Å²) >= 11 is 0.